The summed E-state index contributed by atoms with van der Waals surface area (Å²) < 4.78 is 6.54. The summed E-state index contributed by atoms with van der Waals surface area (Å²) in [7, 11) is 1.67. The van der Waals surface area contributed by atoms with Crippen LogP contribution in [0.3, 0.4) is 0 Å². The Balaban J connectivity index is 2.22. The zero-order valence-corrected chi connectivity index (χ0v) is 10.5. The van der Waals surface area contributed by atoms with E-state index in [-0.39, 0.29) is 5.76 Å². The molecule has 19 heavy (non-hydrogen) atoms. The lowest BCUT2D eigenvalue weighted by atomic mass is 10.1. The zero-order valence-electron chi connectivity index (χ0n) is 10.5. The van der Waals surface area contributed by atoms with E-state index < -0.39 is 0 Å². The SMILES string of the molecule is Cc1[nH]c(-c2ccc3oc(=O)n(C)c3c2)cc1C#N. The summed E-state index contributed by atoms with van der Waals surface area (Å²) in [5, 5.41) is 8.97. The number of benzene rings is 1. The molecule has 5 nitrogen and oxygen atoms in total. The molecule has 0 radical (unpaired) electrons. The Kier molecular flexibility index (Phi) is 2.32. The summed E-state index contributed by atoms with van der Waals surface area (Å²) in [5.74, 6) is -0.382. The second kappa shape index (κ2) is 3.89. The summed E-state index contributed by atoms with van der Waals surface area (Å²) in [4.78, 5) is 14.6. The third-order valence-corrected chi connectivity index (χ3v) is 3.24. The standard InChI is InChI=1S/C14H11N3O2/c1-8-10(7-15)5-11(16-8)9-3-4-13-12(6-9)17(2)14(18)19-13/h3-6,16H,1-2H3. The molecule has 0 unspecified atom stereocenters. The number of aromatic nitrogens is 2. The van der Waals surface area contributed by atoms with Gasteiger partial charge in [0, 0.05) is 24.0 Å². The highest BCUT2D eigenvalue weighted by molar-refractivity contribution is 5.80. The van der Waals surface area contributed by atoms with Crippen LogP contribution in [0.4, 0.5) is 0 Å². The molecule has 1 aromatic carbocycles. The van der Waals surface area contributed by atoms with E-state index in [9.17, 15) is 4.79 Å². The van der Waals surface area contributed by atoms with Crippen LogP contribution in [0.2, 0.25) is 0 Å². The maximum absolute atomic E-state index is 11.4. The van der Waals surface area contributed by atoms with E-state index in [1.165, 1.54) is 4.57 Å². The molecule has 3 aromatic rings. The van der Waals surface area contributed by atoms with Crippen LogP contribution in [0.15, 0.2) is 33.5 Å². The van der Waals surface area contributed by atoms with Gasteiger partial charge in [-0.15, -0.1) is 0 Å². The molecule has 0 amide bonds. The molecule has 0 bridgehead atoms. The smallest absolute Gasteiger partial charge is 0.408 e. The number of nitriles is 1. The van der Waals surface area contributed by atoms with E-state index in [2.05, 4.69) is 11.1 Å². The highest BCUT2D eigenvalue weighted by Gasteiger charge is 2.10. The van der Waals surface area contributed by atoms with Crippen LogP contribution in [0, 0.1) is 18.3 Å². The van der Waals surface area contributed by atoms with Crippen molar-refractivity contribution in [2.45, 2.75) is 6.92 Å². The van der Waals surface area contributed by atoms with Crippen molar-refractivity contribution in [3.63, 3.8) is 0 Å². The molecule has 3 rings (SSSR count). The quantitative estimate of drug-likeness (QED) is 0.723. The minimum Gasteiger partial charge on any atom is -0.408 e. The largest absolute Gasteiger partial charge is 0.419 e. The first-order chi connectivity index (χ1) is 9.10. The van der Waals surface area contributed by atoms with Gasteiger partial charge in [0.05, 0.1) is 11.1 Å². The van der Waals surface area contributed by atoms with Crippen LogP contribution >= 0.6 is 0 Å². The van der Waals surface area contributed by atoms with E-state index >= 15 is 0 Å². The normalized spacial score (nSPS) is 10.8. The first-order valence-corrected chi connectivity index (χ1v) is 5.80. The lowest BCUT2D eigenvalue weighted by Gasteiger charge is -1.98. The highest BCUT2D eigenvalue weighted by Crippen LogP contribution is 2.24. The van der Waals surface area contributed by atoms with Crippen LogP contribution in [-0.4, -0.2) is 9.55 Å². The lowest BCUT2D eigenvalue weighted by molar-refractivity contribution is 0.528. The summed E-state index contributed by atoms with van der Waals surface area (Å²) in [6, 6.07) is 9.42. The monoisotopic (exact) mass is 253 g/mol. The van der Waals surface area contributed by atoms with Crippen LogP contribution < -0.4 is 5.76 Å². The second-order valence-electron chi connectivity index (χ2n) is 4.44. The van der Waals surface area contributed by atoms with Gasteiger partial charge in [-0.05, 0) is 31.2 Å². The molecule has 0 atom stereocenters. The molecule has 2 heterocycles. The topological polar surface area (TPSA) is 74.7 Å². The van der Waals surface area contributed by atoms with Gasteiger partial charge in [0.25, 0.3) is 0 Å². The Hall–Kier alpha value is -2.74. The van der Waals surface area contributed by atoms with Crippen molar-refractivity contribution in [1.82, 2.24) is 9.55 Å². The Morgan fingerprint density at radius 3 is 2.84 bits per heavy atom. The number of rotatable bonds is 1. The summed E-state index contributed by atoms with van der Waals surface area (Å²) in [6.45, 7) is 1.86. The van der Waals surface area contributed by atoms with Gasteiger partial charge in [0.15, 0.2) is 5.58 Å². The highest BCUT2D eigenvalue weighted by atomic mass is 16.4. The number of oxazole rings is 1. The predicted octanol–water partition coefficient (Wildman–Crippen LogP) is 2.31. The van der Waals surface area contributed by atoms with Crippen molar-refractivity contribution in [2.75, 3.05) is 0 Å². The molecular formula is C14H11N3O2. The molecule has 1 N–H and O–H groups in total. The predicted molar refractivity (Wildman–Crippen MR) is 70.7 cm³/mol. The third-order valence-electron chi connectivity index (χ3n) is 3.24. The van der Waals surface area contributed by atoms with Crippen LogP contribution in [0.25, 0.3) is 22.4 Å². The molecule has 0 aliphatic rings. The number of nitrogens with zero attached hydrogens (tertiary/aromatic N) is 2. The molecule has 0 fully saturated rings. The number of aryl methyl sites for hydroxylation is 2. The minimum atomic E-state index is -0.382. The van der Waals surface area contributed by atoms with E-state index in [4.69, 9.17) is 9.68 Å². The molecule has 2 aromatic heterocycles. The lowest BCUT2D eigenvalue weighted by Crippen LogP contribution is -2.08. The van der Waals surface area contributed by atoms with Gasteiger partial charge in [0.2, 0.25) is 0 Å². The first-order valence-electron chi connectivity index (χ1n) is 5.80. The molecule has 0 saturated carbocycles. The number of nitrogens with one attached hydrogen (secondary N) is 1. The number of hydrogen-bond donors (Lipinski definition) is 1. The van der Waals surface area contributed by atoms with Crippen molar-refractivity contribution in [1.29, 1.82) is 5.26 Å². The summed E-state index contributed by atoms with van der Waals surface area (Å²) >= 11 is 0. The fourth-order valence-corrected chi connectivity index (χ4v) is 2.12. The number of H-pyrrole nitrogens is 1. The Bertz CT molecular complexity index is 874. The minimum absolute atomic E-state index is 0.382. The van der Waals surface area contributed by atoms with Crippen LogP contribution in [-0.2, 0) is 7.05 Å². The molecule has 94 valence electrons. The third kappa shape index (κ3) is 1.66. The van der Waals surface area contributed by atoms with Crippen molar-refractivity contribution < 1.29 is 4.42 Å². The Morgan fingerprint density at radius 1 is 1.37 bits per heavy atom. The van der Waals surface area contributed by atoms with Gasteiger partial charge in [-0.3, -0.25) is 4.57 Å². The molecule has 0 aliphatic heterocycles. The van der Waals surface area contributed by atoms with Crippen LogP contribution in [0.5, 0.6) is 0 Å². The summed E-state index contributed by atoms with van der Waals surface area (Å²) in [5.41, 5.74) is 4.50. The van der Waals surface area contributed by atoms with Gasteiger partial charge in [-0.2, -0.15) is 5.26 Å². The Morgan fingerprint density at radius 2 is 2.16 bits per heavy atom. The fraction of sp³-hybridized carbons (Fsp3) is 0.143. The van der Waals surface area contributed by atoms with Gasteiger partial charge >= 0.3 is 5.76 Å². The van der Waals surface area contributed by atoms with Gasteiger partial charge in [-0.25, -0.2) is 4.79 Å². The number of hydrogen-bond acceptors (Lipinski definition) is 3. The maximum atomic E-state index is 11.4. The molecule has 0 saturated heterocycles. The van der Waals surface area contributed by atoms with Gasteiger partial charge in [0.1, 0.15) is 6.07 Å². The maximum Gasteiger partial charge on any atom is 0.419 e. The first kappa shape index (κ1) is 11.4. The van der Waals surface area contributed by atoms with E-state index in [0.29, 0.717) is 11.1 Å². The van der Waals surface area contributed by atoms with Crippen molar-refractivity contribution in [3.05, 3.63) is 46.1 Å². The Labute approximate surface area is 108 Å². The van der Waals surface area contributed by atoms with E-state index in [0.717, 1.165) is 22.5 Å². The molecule has 5 heteroatoms. The average molecular weight is 253 g/mol. The van der Waals surface area contributed by atoms with E-state index in [1.54, 1.807) is 19.2 Å². The molecular weight excluding hydrogens is 242 g/mol. The summed E-state index contributed by atoms with van der Waals surface area (Å²) in [6.07, 6.45) is 0. The van der Waals surface area contributed by atoms with Gasteiger partial charge in [-0.1, -0.05) is 0 Å². The molecule has 0 spiro atoms. The van der Waals surface area contributed by atoms with Crippen molar-refractivity contribution in [2.24, 2.45) is 7.05 Å². The van der Waals surface area contributed by atoms with Gasteiger partial charge < -0.3 is 9.40 Å². The fourth-order valence-electron chi connectivity index (χ4n) is 2.12. The van der Waals surface area contributed by atoms with Crippen molar-refractivity contribution in [3.8, 4) is 17.3 Å². The van der Waals surface area contributed by atoms with Crippen molar-refractivity contribution >= 4 is 11.1 Å². The van der Waals surface area contributed by atoms with Crippen LogP contribution in [0.1, 0.15) is 11.3 Å². The average Bonchev–Trinajstić information content (AvgIpc) is 2.91. The molecule has 0 aliphatic carbocycles. The number of fused-ring (bicyclic) bond motifs is 1. The van der Waals surface area contributed by atoms with E-state index in [1.807, 2.05) is 19.1 Å². The second-order valence-corrected chi connectivity index (χ2v) is 4.44. The zero-order chi connectivity index (χ0) is 13.6. The number of aromatic amines is 1.